The van der Waals surface area contributed by atoms with Crippen molar-refractivity contribution in [3.05, 3.63) is 65.1 Å². The molecule has 3 N–H and O–H groups in total. The molecule has 0 saturated heterocycles. The van der Waals surface area contributed by atoms with Crippen LogP contribution in [0.5, 0.6) is 0 Å². The molecule has 0 aliphatic heterocycles. The highest BCUT2D eigenvalue weighted by Crippen LogP contribution is 2.32. The molecule has 0 amide bonds. The van der Waals surface area contributed by atoms with Crippen molar-refractivity contribution < 1.29 is 4.39 Å². The molecule has 2 aromatic heterocycles. The maximum absolute atomic E-state index is 13.9. The molecule has 2 heterocycles. The SMILES string of the molecule is NC#Cc1cc(F)cc2c(-c3ccc4cccc(Cl)c4n3)c[nH]c12. The quantitative estimate of drug-likeness (QED) is 0.399. The van der Waals surface area contributed by atoms with Gasteiger partial charge in [-0.3, -0.25) is 0 Å². The molecule has 3 nitrogen and oxygen atoms in total. The van der Waals surface area contributed by atoms with E-state index in [-0.39, 0.29) is 5.82 Å². The number of rotatable bonds is 1. The van der Waals surface area contributed by atoms with Gasteiger partial charge in [-0.05, 0) is 30.2 Å². The second-order valence-electron chi connectivity index (χ2n) is 5.36. The van der Waals surface area contributed by atoms with E-state index in [0.717, 1.165) is 16.5 Å². The van der Waals surface area contributed by atoms with Gasteiger partial charge in [0.2, 0.25) is 0 Å². The third-order valence-corrected chi connectivity index (χ3v) is 4.21. The Morgan fingerprint density at radius 1 is 1.17 bits per heavy atom. The van der Waals surface area contributed by atoms with Gasteiger partial charge < -0.3 is 10.7 Å². The van der Waals surface area contributed by atoms with Crippen LogP contribution >= 0.6 is 11.6 Å². The minimum Gasteiger partial charge on any atom is -0.359 e. The van der Waals surface area contributed by atoms with Gasteiger partial charge in [0.1, 0.15) is 5.82 Å². The minimum atomic E-state index is -0.375. The predicted molar refractivity (Wildman–Crippen MR) is 95.1 cm³/mol. The largest absolute Gasteiger partial charge is 0.359 e. The molecule has 0 spiro atoms. The Hall–Kier alpha value is -3.03. The van der Waals surface area contributed by atoms with Crippen LogP contribution in [0.2, 0.25) is 5.02 Å². The molecule has 2 aromatic carbocycles. The van der Waals surface area contributed by atoms with Crippen LogP contribution in [0.15, 0.2) is 48.7 Å². The minimum absolute atomic E-state index is 0.375. The molecule has 4 rings (SSSR count). The highest BCUT2D eigenvalue weighted by Gasteiger charge is 2.13. The van der Waals surface area contributed by atoms with Gasteiger partial charge in [0.05, 0.1) is 27.3 Å². The van der Waals surface area contributed by atoms with Gasteiger partial charge in [-0.1, -0.05) is 29.8 Å². The summed E-state index contributed by atoms with van der Waals surface area (Å²) in [6, 6.07) is 14.6. The average molecular weight is 336 g/mol. The Morgan fingerprint density at radius 2 is 2.04 bits per heavy atom. The fourth-order valence-corrected chi connectivity index (χ4v) is 3.07. The van der Waals surface area contributed by atoms with Crippen LogP contribution in [0.3, 0.4) is 0 Å². The van der Waals surface area contributed by atoms with Crippen molar-refractivity contribution in [3.8, 4) is 23.2 Å². The number of hydrogen-bond donors (Lipinski definition) is 2. The second kappa shape index (κ2) is 5.55. The lowest BCUT2D eigenvalue weighted by Crippen LogP contribution is -1.87. The fourth-order valence-electron chi connectivity index (χ4n) is 2.85. The normalized spacial score (nSPS) is 10.8. The molecule has 0 saturated carbocycles. The monoisotopic (exact) mass is 335 g/mol. The van der Waals surface area contributed by atoms with Gasteiger partial charge in [0.15, 0.2) is 0 Å². The number of pyridine rings is 1. The number of halogens is 2. The van der Waals surface area contributed by atoms with Gasteiger partial charge in [0, 0.05) is 28.6 Å². The Morgan fingerprint density at radius 3 is 2.88 bits per heavy atom. The topological polar surface area (TPSA) is 54.7 Å². The van der Waals surface area contributed by atoms with Gasteiger partial charge >= 0.3 is 0 Å². The van der Waals surface area contributed by atoms with Crippen molar-refractivity contribution in [3.63, 3.8) is 0 Å². The lowest BCUT2D eigenvalue weighted by molar-refractivity contribution is 0.629. The van der Waals surface area contributed by atoms with E-state index in [0.29, 0.717) is 27.2 Å². The van der Waals surface area contributed by atoms with Gasteiger partial charge in [-0.2, -0.15) is 0 Å². The van der Waals surface area contributed by atoms with E-state index in [1.165, 1.54) is 12.1 Å². The molecular weight excluding hydrogens is 325 g/mol. The zero-order chi connectivity index (χ0) is 16.7. The first-order valence-electron chi connectivity index (χ1n) is 7.25. The number of aromatic amines is 1. The molecule has 0 atom stereocenters. The number of nitrogens with one attached hydrogen (secondary N) is 1. The molecule has 4 aromatic rings. The Kier molecular flexibility index (Phi) is 3.37. The number of H-pyrrole nitrogens is 1. The first-order valence-corrected chi connectivity index (χ1v) is 7.63. The number of aromatic nitrogens is 2. The van der Waals surface area contributed by atoms with Crippen LogP contribution in [0.1, 0.15) is 5.56 Å². The fraction of sp³-hybridized carbons (Fsp3) is 0. The van der Waals surface area contributed by atoms with Crippen LogP contribution in [-0.2, 0) is 0 Å². The zero-order valence-electron chi connectivity index (χ0n) is 12.4. The standard InChI is InChI=1S/C19H11ClFN3/c20-16-3-1-2-11-4-5-17(24-19(11)16)15-10-23-18-12(6-7-22)8-13(21)9-14(15)18/h1-5,8-10,23H,22H2. The molecule has 116 valence electrons. The third kappa shape index (κ3) is 2.27. The van der Waals surface area contributed by atoms with Crippen molar-refractivity contribution in [2.45, 2.75) is 0 Å². The van der Waals surface area contributed by atoms with Crippen LogP contribution in [0.4, 0.5) is 4.39 Å². The highest BCUT2D eigenvalue weighted by atomic mass is 35.5. The van der Waals surface area contributed by atoms with E-state index >= 15 is 0 Å². The Bertz CT molecular complexity index is 1150. The summed E-state index contributed by atoms with van der Waals surface area (Å²) >= 11 is 6.24. The summed E-state index contributed by atoms with van der Waals surface area (Å²) in [4.78, 5) is 7.77. The first kappa shape index (κ1) is 14.6. The van der Waals surface area contributed by atoms with Crippen molar-refractivity contribution >= 4 is 33.4 Å². The van der Waals surface area contributed by atoms with Crippen LogP contribution in [0.25, 0.3) is 33.1 Å². The van der Waals surface area contributed by atoms with Crippen LogP contribution in [0, 0.1) is 17.8 Å². The van der Waals surface area contributed by atoms with E-state index in [1.807, 2.05) is 24.3 Å². The highest BCUT2D eigenvalue weighted by molar-refractivity contribution is 6.35. The van der Waals surface area contributed by atoms with E-state index < -0.39 is 0 Å². The molecule has 5 heteroatoms. The Labute approximate surface area is 142 Å². The van der Waals surface area contributed by atoms with Gasteiger partial charge in [0.25, 0.3) is 0 Å². The Balaban J connectivity index is 2.00. The summed E-state index contributed by atoms with van der Waals surface area (Å²) in [6.45, 7) is 0. The average Bonchev–Trinajstić information content (AvgIpc) is 2.99. The van der Waals surface area contributed by atoms with Gasteiger partial charge in [-0.25, -0.2) is 9.37 Å². The number of para-hydroxylation sites is 1. The number of nitrogens with zero attached hydrogens (tertiary/aromatic N) is 1. The first-order chi connectivity index (χ1) is 11.7. The summed E-state index contributed by atoms with van der Waals surface area (Å²) < 4.78 is 13.9. The number of hydrogen-bond acceptors (Lipinski definition) is 2. The van der Waals surface area contributed by atoms with E-state index in [4.69, 9.17) is 17.3 Å². The van der Waals surface area contributed by atoms with E-state index in [2.05, 4.69) is 21.9 Å². The van der Waals surface area contributed by atoms with Crippen molar-refractivity contribution in [2.75, 3.05) is 0 Å². The summed E-state index contributed by atoms with van der Waals surface area (Å²) in [5, 5.41) is 2.23. The van der Waals surface area contributed by atoms with Crippen LogP contribution in [-0.4, -0.2) is 9.97 Å². The van der Waals surface area contributed by atoms with Crippen molar-refractivity contribution in [2.24, 2.45) is 5.73 Å². The van der Waals surface area contributed by atoms with Crippen LogP contribution < -0.4 is 5.73 Å². The maximum atomic E-state index is 13.9. The summed E-state index contributed by atoms with van der Waals surface area (Å²) in [5.74, 6) is 2.33. The molecule has 0 fully saturated rings. The molecule has 24 heavy (non-hydrogen) atoms. The molecule has 0 bridgehead atoms. The lowest BCUT2D eigenvalue weighted by atomic mass is 10.1. The van der Waals surface area contributed by atoms with Crippen molar-refractivity contribution in [1.29, 1.82) is 0 Å². The summed E-state index contributed by atoms with van der Waals surface area (Å²) in [7, 11) is 0. The lowest BCUT2D eigenvalue weighted by Gasteiger charge is -2.04. The summed E-state index contributed by atoms with van der Waals surface area (Å²) in [6.07, 6.45) is 1.79. The maximum Gasteiger partial charge on any atom is 0.125 e. The molecule has 0 radical (unpaired) electrons. The van der Waals surface area contributed by atoms with E-state index in [9.17, 15) is 4.39 Å². The summed E-state index contributed by atoms with van der Waals surface area (Å²) in [5.41, 5.74) is 8.72. The second-order valence-corrected chi connectivity index (χ2v) is 5.76. The molecule has 0 aliphatic rings. The number of fused-ring (bicyclic) bond motifs is 2. The predicted octanol–water partition coefficient (Wildman–Crippen LogP) is 4.44. The number of benzene rings is 2. The number of nitrogens with two attached hydrogens (primary N) is 1. The molecular formula is C19H11ClFN3. The molecule has 0 aliphatic carbocycles. The molecule has 0 unspecified atom stereocenters. The van der Waals surface area contributed by atoms with E-state index in [1.54, 1.807) is 12.3 Å². The third-order valence-electron chi connectivity index (χ3n) is 3.91. The van der Waals surface area contributed by atoms with Gasteiger partial charge in [-0.15, -0.1) is 0 Å². The smallest absolute Gasteiger partial charge is 0.125 e. The zero-order valence-corrected chi connectivity index (χ0v) is 13.2. The van der Waals surface area contributed by atoms with Crippen molar-refractivity contribution in [1.82, 2.24) is 9.97 Å².